The number of hydrogen-bond acceptors (Lipinski definition) is 4. The van der Waals surface area contributed by atoms with Gasteiger partial charge in [-0.1, -0.05) is 6.07 Å². The van der Waals surface area contributed by atoms with Crippen molar-refractivity contribution in [3.8, 4) is 0 Å². The lowest BCUT2D eigenvalue weighted by molar-refractivity contribution is -0.156. The number of ether oxygens (including phenoxy) is 1. The van der Waals surface area contributed by atoms with Gasteiger partial charge in [0.25, 0.3) is 0 Å². The van der Waals surface area contributed by atoms with E-state index in [-0.39, 0.29) is 5.56 Å². The summed E-state index contributed by atoms with van der Waals surface area (Å²) in [6, 6.07) is 2.55. The number of rotatable bonds is 3. The third kappa shape index (κ3) is 2.53. The van der Waals surface area contributed by atoms with Crippen LogP contribution in [-0.4, -0.2) is 29.4 Å². The Balaban J connectivity index is 2.91. The largest absolute Gasteiger partial charge is 0.467 e. The Morgan fingerprint density at radius 3 is 2.44 bits per heavy atom. The molecule has 0 aromatic heterocycles. The maximum Gasteiger partial charge on any atom is 0.337 e. The highest BCUT2D eigenvalue weighted by Crippen LogP contribution is 2.19. The number of hydrogen-bond donors (Lipinski definition) is 2. The molecule has 1 aromatic carbocycles. The standard InChI is InChI=1S/C10H10F2O4/c1-16-10(15)9(14)8(13)5-2-3-6(11)7(12)4-5/h2-4,8-9,13-14H,1H3. The molecular weight excluding hydrogens is 222 g/mol. The molecule has 4 nitrogen and oxygen atoms in total. The summed E-state index contributed by atoms with van der Waals surface area (Å²) in [4.78, 5) is 10.9. The van der Waals surface area contributed by atoms with E-state index < -0.39 is 29.8 Å². The first-order chi connectivity index (χ1) is 7.47. The third-order valence-corrected chi connectivity index (χ3v) is 2.03. The first kappa shape index (κ1) is 12.5. The van der Waals surface area contributed by atoms with Gasteiger partial charge < -0.3 is 14.9 Å². The number of benzene rings is 1. The SMILES string of the molecule is COC(=O)C(O)C(O)c1ccc(F)c(F)c1. The van der Waals surface area contributed by atoms with Crippen LogP contribution in [0.3, 0.4) is 0 Å². The normalized spacial score (nSPS) is 14.3. The van der Waals surface area contributed by atoms with E-state index in [4.69, 9.17) is 0 Å². The molecular formula is C10H10F2O4. The molecule has 2 unspecified atom stereocenters. The quantitative estimate of drug-likeness (QED) is 0.746. The summed E-state index contributed by atoms with van der Waals surface area (Å²) in [5.41, 5.74) is -0.114. The maximum atomic E-state index is 12.8. The van der Waals surface area contributed by atoms with Gasteiger partial charge >= 0.3 is 5.97 Å². The number of carbonyl (C=O) groups is 1. The van der Waals surface area contributed by atoms with Gasteiger partial charge in [-0.3, -0.25) is 0 Å². The monoisotopic (exact) mass is 232 g/mol. The Kier molecular flexibility index (Phi) is 3.92. The minimum Gasteiger partial charge on any atom is -0.467 e. The number of carbonyl (C=O) groups excluding carboxylic acids is 1. The van der Waals surface area contributed by atoms with E-state index >= 15 is 0 Å². The van der Waals surface area contributed by atoms with Crippen LogP contribution in [0, 0.1) is 11.6 Å². The average Bonchev–Trinajstić information content (AvgIpc) is 2.29. The highest BCUT2D eigenvalue weighted by atomic mass is 19.2. The van der Waals surface area contributed by atoms with Crippen LogP contribution in [0.4, 0.5) is 8.78 Å². The zero-order chi connectivity index (χ0) is 12.3. The van der Waals surface area contributed by atoms with Crippen molar-refractivity contribution in [2.75, 3.05) is 7.11 Å². The van der Waals surface area contributed by atoms with Crippen LogP contribution in [0.15, 0.2) is 18.2 Å². The predicted octanol–water partition coefficient (Wildman–Crippen LogP) is 0.532. The highest BCUT2D eigenvalue weighted by molar-refractivity contribution is 5.75. The summed E-state index contributed by atoms with van der Waals surface area (Å²) >= 11 is 0. The lowest BCUT2D eigenvalue weighted by Crippen LogP contribution is -2.29. The van der Waals surface area contributed by atoms with E-state index in [1.54, 1.807) is 0 Å². The van der Waals surface area contributed by atoms with Crippen LogP contribution in [0.5, 0.6) is 0 Å². The van der Waals surface area contributed by atoms with Crippen molar-refractivity contribution in [2.45, 2.75) is 12.2 Å². The molecule has 0 radical (unpaired) electrons. The average molecular weight is 232 g/mol. The highest BCUT2D eigenvalue weighted by Gasteiger charge is 2.26. The molecule has 16 heavy (non-hydrogen) atoms. The van der Waals surface area contributed by atoms with Crippen LogP contribution in [0.1, 0.15) is 11.7 Å². The van der Waals surface area contributed by atoms with Crippen molar-refractivity contribution in [1.82, 2.24) is 0 Å². The molecule has 0 saturated carbocycles. The first-order valence-corrected chi connectivity index (χ1v) is 4.36. The number of aliphatic hydroxyl groups excluding tert-OH is 2. The molecule has 1 aromatic rings. The molecule has 0 fully saturated rings. The van der Waals surface area contributed by atoms with Crippen LogP contribution in [0.25, 0.3) is 0 Å². The fourth-order valence-corrected chi connectivity index (χ4v) is 1.13. The summed E-state index contributed by atoms with van der Waals surface area (Å²) in [7, 11) is 1.03. The minimum absolute atomic E-state index is 0.114. The van der Waals surface area contributed by atoms with E-state index in [0.717, 1.165) is 19.2 Å². The zero-order valence-corrected chi connectivity index (χ0v) is 8.35. The van der Waals surface area contributed by atoms with Crippen molar-refractivity contribution in [2.24, 2.45) is 0 Å². The molecule has 0 amide bonds. The van der Waals surface area contributed by atoms with Crippen LogP contribution >= 0.6 is 0 Å². The summed E-state index contributed by atoms with van der Waals surface area (Å²) in [5, 5.41) is 18.7. The summed E-state index contributed by atoms with van der Waals surface area (Å²) in [6.07, 6.45) is -3.50. The minimum atomic E-state index is -1.84. The Hall–Kier alpha value is -1.53. The van der Waals surface area contributed by atoms with Gasteiger partial charge in [0.2, 0.25) is 0 Å². The second-order valence-electron chi connectivity index (χ2n) is 3.09. The second-order valence-corrected chi connectivity index (χ2v) is 3.09. The van der Waals surface area contributed by atoms with Crippen molar-refractivity contribution >= 4 is 5.97 Å². The molecule has 0 heterocycles. The second kappa shape index (κ2) is 5.00. The van der Waals surface area contributed by atoms with Crippen LogP contribution in [-0.2, 0) is 9.53 Å². The smallest absolute Gasteiger partial charge is 0.337 e. The molecule has 0 spiro atoms. The third-order valence-electron chi connectivity index (χ3n) is 2.03. The number of halogens is 2. The van der Waals surface area contributed by atoms with E-state index in [2.05, 4.69) is 4.74 Å². The molecule has 6 heteroatoms. The van der Waals surface area contributed by atoms with E-state index in [0.29, 0.717) is 6.07 Å². The van der Waals surface area contributed by atoms with Crippen LogP contribution < -0.4 is 0 Å². The molecule has 2 atom stereocenters. The lowest BCUT2D eigenvalue weighted by Gasteiger charge is -2.15. The number of methoxy groups -OCH3 is 1. The topological polar surface area (TPSA) is 66.8 Å². The van der Waals surface area contributed by atoms with Crippen molar-refractivity contribution in [3.63, 3.8) is 0 Å². The van der Waals surface area contributed by atoms with Gasteiger partial charge in [0.1, 0.15) is 6.10 Å². The Bertz CT molecular complexity index is 394. The fourth-order valence-electron chi connectivity index (χ4n) is 1.13. The van der Waals surface area contributed by atoms with E-state index in [9.17, 15) is 23.8 Å². The molecule has 0 aliphatic rings. The maximum absolute atomic E-state index is 12.8. The summed E-state index contributed by atoms with van der Waals surface area (Å²) in [5.74, 6) is -3.31. The van der Waals surface area contributed by atoms with Crippen molar-refractivity contribution < 1.29 is 28.5 Å². The fraction of sp³-hybridized carbons (Fsp3) is 0.300. The first-order valence-electron chi connectivity index (χ1n) is 4.36. The van der Waals surface area contributed by atoms with Gasteiger partial charge in [0, 0.05) is 0 Å². The van der Waals surface area contributed by atoms with E-state index in [1.807, 2.05) is 0 Å². The predicted molar refractivity (Wildman–Crippen MR) is 49.3 cm³/mol. The number of esters is 1. The zero-order valence-electron chi connectivity index (χ0n) is 8.35. The van der Waals surface area contributed by atoms with Gasteiger partial charge in [-0.25, -0.2) is 13.6 Å². The van der Waals surface area contributed by atoms with Gasteiger partial charge in [-0.15, -0.1) is 0 Å². The Labute approximate surface area is 90.1 Å². The Morgan fingerprint density at radius 2 is 1.94 bits per heavy atom. The van der Waals surface area contributed by atoms with Gasteiger partial charge in [-0.05, 0) is 17.7 Å². The van der Waals surface area contributed by atoms with Crippen molar-refractivity contribution in [3.05, 3.63) is 35.4 Å². The molecule has 2 N–H and O–H groups in total. The molecule has 0 aliphatic heterocycles. The molecule has 0 bridgehead atoms. The summed E-state index contributed by atoms with van der Waals surface area (Å²) in [6.45, 7) is 0. The Morgan fingerprint density at radius 1 is 1.31 bits per heavy atom. The van der Waals surface area contributed by atoms with Crippen molar-refractivity contribution in [1.29, 1.82) is 0 Å². The molecule has 0 aliphatic carbocycles. The van der Waals surface area contributed by atoms with Gasteiger partial charge in [0.15, 0.2) is 17.7 Å². The molecule has 1 rings (SSSR count). The number of aliphatic hydroxyl groups is 2. The van der Waals surface area contributed by atoms with Gasteiger partial charge in [0.05, 0.1) is 7.11 Å². The van der Waals surface area contributed by atoms with Crippen LogP contribution in [0.2, 0.25) is 0 Å². The lowest BCUT2D eigenvalue weighted by atomic mass is 10.0. The van der Waals surface area contributed by atoms with E-state index in [1.165, 1.54) is 0 Å². The molecule has 0 saturated heterocycles. The summed E-state index contributed by atoms with van der Waals surface area (Å²) < 4.78 is 29.6. The van der Waals surface area contributed by atoms with Gasteiger partial charge in [-0.2, -0.15) is 0 Å². The molecule has 88 valence electrons.